The second-order valence-electron chi connectivity index (χ2n) is 10.3. The fourth-order valence-corrected chi connectivity index (χ4v) is 6.42. The van der Waals surface area contributed by atoms with Crippen molar-refractivity contribution >= 4 is 39.8 Å². The van der Waals surface area contributed by atoms with Crippen LogP contribution in [0.2, 0.25) is 0 Å². The Balaban J connectivity index is 1.46. The number of carbonyl (C=O) groups excluding carboxylic acids is 4. The number of aryl methyl sites for hydroxylation is 2. The number of amides is 2. The number of imide groups is 1. The van der Waals surface area contributed by atoms with E-state index in [0.29, 0.717) is 11.3 Å². The first-order valence-corrected chi connectivity index (χ1v) is 12.6. The molecule has 1 aliphatic carbocycles. The summed E-state index contributed by atoms with van der Waals surface area (Å²) in [6.07, 6.45) is -0.957. The predicted molar refractivity (Wildman–Crippen MR) is 141 cm³/mol. The summed E-state index contributed by atoms with van der Waals surface area (Å²) in [5.41, 5.74) is 1.42. The Bertz CT molecular complexity index is 1700. The van der Waals surface area contributed by atoms with Crippen molar-refractivity contribution in [2.75, 3.05) is 4.90 Å². The first kappa shape index (κ1) is 22.8. The highest BCUT2D eigenvalue weighted by molar-refractivity contribution is 6.37. The number of anilines is 1. The van der Waals surface area contributed by atoms with Gasteiger partial charge in [0.15, 0.2) is 0 Å². The van der Waals surface area contributed by atoms with Gasteiger partial charge < -0.3 is 4.74 Å². The largest absolute Gasteiger partial charge is 0.349 e. The molecule has 4 aromatic carbocycles. The minimum absolute atomic E-state index is 0.222. The average Bonchev–Trinajstić information content (AvgIpc) is 3.50. The molecule has 2 aliphatic heterocycles. The van der Waals surface area contributed by atoms with Gasteiger partial charge in [0.1, 0.15) is 0 Å². The molecule has 6 heteroatoms. The van der Waals surface area contributed by atoms with Crippen LogP contribution in [0.3, 0.4) is 0 Å². The lowest BCUT2D eigenvalue weighted by molar-refractivity contribution is -0.127. The molecule has 1 spiro atoms. The Hall–Kier alpha value is -4.42. The SMILES string of the molecule is Cc1ccc(N2C(=O)[C@@H]3[C@@H](c4cccc5ccccc45)OC4(C(=O)c5ccccc5C4=O)[C@@H]3C2=O)cc1C. The van der Waals surface area contributed by atoms with Gasteiger partial charge in [0.25, 0.3) is 0 Å². The molecule has 0 N–H and O–H groups in total. The van der Waals surface area contributed by atoms with Crippen LogP contribution in [0.25, 0.3) is 10.8 Å². The maximum atomic E-state index is 14.2. The van der Waals surface area contributed by atoms with Gasteiger partial charge in [0, 0.05) is 11.1 Å². The Morgan fingerprint density at radius 1 is 0.711 bits per heavy atom. The summed E-state index contributed by atoms with van der Waals surface area (Å²) < 4.78 is 6.48. The number of rotatable bonds is 2. The monoisotopic (exact) mass is 501 g/mol. The first-order valence-electron chi connectivity index (χ1n) is 12.6. The van der Waals surface area contributed by atoms with Crippen molar-refractivity contribution in [3.05, 3.63) is 113 Å². The highest BCUT2D eigenvalue weighted by atomic mass is 16.5. The van der Waals surface area contributed by atoms with E-state index in [-0.39, 0.29) is 11.1 Å². The molecule has 38 heavy (non-hydrogen) atoms. The van der Waals surface area contributed by atoms with E-state index in [1.165, 1.54) is 0 Å². The fourth-order valence-electron chi connectivity index (χ4n) is 6.42. The molecular weight excluding hydrogens is 478 g/mol. The normalized spacial score (nSPS) is 23.5. The molecule has 186 valence electrons. The lowest BCUT2D eigenvalue weighted by Crippen LogP contribution is -2.51. The van der Waals surface area contributed by atoms with Crippen LogP contribution in [0.15, 0.2) is 84.9 Å². The molecule has 2 heterocycles. The summed E-state index contributed by atoms with van der Waals surface area (Å²) in [4.78, 5) is 57.4. The topological polar surface area (TPSA) is 80.8 Å². The van der Waals surface area contributed by atoms with E-state index in [0.717, 1.165) is 26.8 Å². The number of ether oxygens (including phenoxy) is 1. The molecule has 6 nitrogen and oxygen atoms in total. The fraction of sp³-hybridized carbons (Fsp3) is 0.188. The molecule has 0 unspecified atom stereocenters. The van der Waals surface area contributed by atoms with Crippen LogP contribution in [-0.4, -0.2) is 29.0 Å². The van der Waals surface area contributed by atoms with Crippen LogP contribution in [0, 0.1) is 25.7 Å². The smallest absolute Gasteiger partial charge is 0.241 e. The van der Waals surface area contributed by atoms with Gasteiger partial charge in [-0.05, 0) is 53.4 Å². The van der Waals surface area contributed by atoms with Gasteiger partial charge in [-0.3, -0.25) is 19.2 Å². The van der Waals surface area contributed by atoms with Crippen molar-refractivity contribution in [1.82, 2.24) is 0 Å². The lowest BCUT2D eigenvalue weighted by Gasteiger charge is -2.27. The number of ketones is 2. The molecule has 7 rings (SSSR count). The van der Waals surface area contributed by atoms with Crippen LogP contribution in [0.5, 0.6) is 0 Å². The predicted octanol–water partition coefficient (Wildman–Crippen LogP) is 5.15. The zero-order chi connectivity index (χ0) is 26.3. The first-order chi connectivity index (χ1) is 18.3. The summed E-state index contributed by atoms with van der Waals surface area (Å²) in [6, 6.07) is 25.2. The summed E-state index contributed by atoms with van der Waals surface area (Å²) in [5, 5.41) is 1.78. The van der Waals surface area contributed by atoms with E-state index in [1.54, 1.807) is 36.4 Å². The molecule has 0 saturated carbocycles. The van der Waals surface area contributed by atoms with Gasteiger partial charge in [-0.25, -0.2) is 4.90 Å². The van der Waals surface area contributed by atoms with Gasteiger partial charge in [-0.2, -0.15) is 0 Å². The second kappa shape index (κ2) is 7.79. The summed E-state index contributed by atoms with van der Waals surface area (Å²) in [5.74, 6) is -4.46. The standard InChI is InChI=1S/C32H23NO5/c1-17-14-15-20(16-18(17)2)33-30(36)25-26(31(33)37)32(28(34)23-11-5-6-12-24(23)29(32)35)38-27(25)22-13-7-9-19-8-3-4-10-21(19)22/h3-16,25-27H,1-2H3/t25-,26-,27+/m0/s1. The number of Topliss-reactive ketones (excluding diaryl/α,β-unsaturated/α-hetero) is 2. The minimum Gasteiger partial charge on any atom is -0.349 e. The number of carbonyl (C=O) groups is 4. The van der Waals surface area contributed by atoms with Crippen molar-refractivity contribution in [2.24, 2.45) is 11.8 Å². The van der Waals surface area contributed by atoms with Crippen LogP contribution in [0.1, 0.15) is 43.5 Å². The number of fused-ring (bicyclic) bond motifs is 4. The second-order valence-corrected chi connectivity index (χ2v) is 10.3. The van der Waals surface area contributed by atoms with Crippen molar-refractivity contribution in [2.45, 2.75) is 25.6 Å². The van der Waals surface area contributed by atoms with Crippen LogP contribution >= 0.6 is 0 Å². The maximum absolute atomic E-state index is 14.2. The van der Waals surface area contributed by atoms with Crippen molar-refractivity contribution in [3.8, 4) is 0 Å². The highest BCUT2D eigenvalue weighted by Crippen LogP contribution is 2.58. The van der Waals surface area contributed by atoms with Gasteiger partial charge in [-0.1, -0.05) is 72.8 Å². The van der Waals surface area contributed by atoms with Crippen LogP contribution < -0.4 is 4.90 Å². The van der Waals surface area contributed by atoms with E-state index in [4.69, 9.17) is 4.74 Å². The summed E-state index contributed by atoms with van der Waals surface area (Å²) in [6.45, 7) is 3.86. The molecule has 2 amide bonds. The van der Waals surface area contributed by atoms with Crippen LogP contribution in [0.4, 0.5) is 5.69 Å². The molecule has 0 bridgehead atoms. The quantitative estimate of drug-likeness (QED) is 0.280. The lowest BCUT2D eigenvalue weighted by atomic mass is 9.77. The number of benzene rings is 4. The molecule has 3 atom stereocenters. The number of nitrogens with zero attached hydrogens (tertiary/aromatic N) is 1. The molecule has 0 aromatic heterocycles. The average molecular weight is 502 g/mol. The zero-order valence-electron chi connectivity index (χ0n) is 20.8. The van der Waals surface area contributed by atoms with Gasteiger partial charge >= 0.3 is 0 Å². The molecule has 2 fully saturated rings. The Morgan fingerprint density at radius 3 is 2.08 bits per heavy atom. The number of hydrogen-bond acceptors (Lipinski definition) is 5. The van der Waals surface area contributed by atoms with Crippen molar-refractivity contribution in [1.29, 1.82) is 0 Å². The molecule has 0 radical (unpaired) electrons. The third kappa shape index (κ3) is 2.75. The van der Waals surface area contributed by atoms with Gasteiger partial charge in [0.05, 0.1) is 23.6 Å². The number of hydrogen-bond donors (Lipinski definition) is 0. The minimum atomic E-state index is -2.09. The van der Waals surface area contributed by atoms with E-state index in [1.807, 2.05) is 62.4 Å². The van der Waals surface area contributed by atoms with Gasteiger partial charge in [0.2, 0.25) is 29.0 Å². The molecule has 2 saturated heterocycles. The van der Waals surface area contributed by atoms with E-state index in [2.05, 4.69) is 0 Å². The van der Waals surface area contributed by atoms with Crippen molar-refractivity contribution < 1.29 is 23.9 Å². The summed E-state index contributed by atoms with van der Waals surface area (Å²) in [7, 11) is 0. The molecule has 4 aromatic rings. The Kier molecular flexibility index (Phi) is 4.66. The maximum Gasteiger partial charge on any atom is 0.241 e. The van der Waals surface area contributed by atoms with Crippen LogP contribution in [-0.2, 0) is 14.3 Å². The third-order valence-corrected chi connectivity index (χ3v) is 8.40. The van der Waals surface area contributed by atoms with E-state index >= 15 is 0 Å². The van der Waals surface area contributed by atoms with Crippen molar-refractivity contribution in [3.63, 3.8) is 0 Å². The Morgan fingerprint density at radius 2 is 1.37 bits per heavy atom. The summed E-state index contributed by atoms with van der Waals surface area (Å²) >= 11 is 0. The third-order valence-electron chi connectivity index (χ3n) is 8.40. The molecule has 3 aliphatic rings. The molecular formula is C32H23NO5. The van der Waals surface area contributed by atoms with E-state index in [9.17, 15) is 19.2 Å². The Labute approximate surface area is 218 Å². The highest BCUT2D eigenvalue weighted by Gasteiger charge is 2.74. The van der Waals surface area contributed by atoms with E-state index < -0.39 is 46.9 Å². The van der Waals surface area contributed by atoms with Gasteiger partial charge in [-0.15, -0.1) is 0 Å². The zero-order valence-corrected chi connectivity index (χ0v) is 20.8.